The number of rotatable bonds is 8. The molecule has 15 rings (SSSR count). The Hall–Kier alpha value is -9.84. The molecule has 3 heterocycles. The van der Waals surface area contributed by atoms with Crippen LogP contribution in [0.25, 0.3) is 110 Å². The van der Waals surface area contributed by atoms with Gasteiger partial charge in [-0.1, -0.05) is 182 Å². The Kier molecular flexibility index (Phi) is 10.1. The molecule has 5 nitrogen and oxygen atoms in total. The van der Waals surface area contributed by atoms with Crippen molar-refractivity contribution in [3.63, 3.8) is 0 Å². The minimum absolute atomic E-state index is 0.819. The van der Waals surface area contributed by atoms with Crippen molar-refractivity contribution in [3.8, 4) is 22.3 Å². The fourth-order valence-electron chi connectivity index (χ4n) is 12.4. The molecule has 0 saturated heterocycles. The zero-order valence-corrected chi connectivity index (χ0v) is 43.1. The second kappa shape index (κ2) is 17.4. The molecule has 366 valence electrons. The molecule has 0 bridgehead atoms. The third kappa shape index (κ3) is 7.08. The van der Waals surface area contributed by atoms with Gasteiger partial charge in [-0.05, 0) is 110 Å². The summed E-state index contributed by atoms with van der Waals surface area (Å²) in [7, 11) is 0. The van der Waals surface area contributed by atoms with Crippen LogP contribution >= 0.6 is 0 Å². The van der Waals surface area contributed by atoms with Crippen molar-refractivity contribution in [1.82, 2.24) is 0 Å². The Balaban J connectivity index is 1.02. The fourth-order valence-corrected chi connectivity index (χ4v) is 12.4. The summed E-state index contributed by atoms with van der Waals surface area (Å²) in [5, 5.41) is 10.4. The summed E-state index contributed by atoms with van der Waals surface area (Å²) >= 11 is 0. The number of hydrogen-bond acceptors (Lipinski definition) is 5. The van der Waals surface area contributed by atoms with Gasteiger partial charge >= 0.3 is 0 Å². The number of nitrogens with zero attached hydrogens (tertiary/aromatic N) is 2. The number of aryl methyl sites for hydroxylation is 4. The van der Waals surface area contributed by atoms with Crippen LogP contribution in [0.3, 0.4) is 0 Å². The fraction of sp³-hybridized carbons (Fsp3) is 0.0556. The first kappa shape index (κ1) is 44.6. The first-order valence-corrected chi connectivity index (χ1v) is 26.4. The molecular formula is C72H50N2O3. The average molecular weight is 991 g/mol. The van der Waals surface area contributed by atoms with Crippen LogP contribution in [-0.4, -0.2) is 0 Å². The van der Waals surface area contributed by atoms with Gasteiger partial charge in [-0.25, -0.2) is 0 Å². The predicted octanol–water partition coefficient (Wildman–Crippen LogP) is 21.2. The van der Waals surface area contributed by atoms with Gasteiger partial charge in [0.25, 0.3) is 0 Å². The number of fused-ring (bicyclic) bond motifs is 13. The zero-order valence-electron chi connectivity index (χ0n) is 43.1. The molecule has 0 amide bonds. The number of para-hydroxylation sites is 4. The summed E-state index contributed by atoms with van der Waals surface area (Å²) in [6.45, 7) is 8.70. The van der Waals surface area contributed by atoms with E-state index >= 15 is 0 Å². The highest BCUT2D eigenvalue weighted by atomic mass is 16.3. The molecule has 12 aromatic carbocycles. The quantitative estimate of drug-likeness (QED) is 0.152. The van der Waals surface area contributed by atoms with Gasteiger partial charge in [0.05, 0.1) is 22.7 Å². The molecule has 0 aliphatic carbocycles. The van der Waals surface area contributed by atoms with Crippen molar-refractivity contribution in [3.05, 3.63) is 253 Å². The molecule has 0 aliphatic rings. The van der Waals surface area contributed by atoms with Crippen molar-refractivity contribution in [1.29, 1.82) is 0 Å². The normalized spacial score (nSPS) is 11.9. The van der Waals surface area contributed by atoms with Crippen LogP contribution < -0.4 is 9.80 Å². The van der Waals surface area contributed by atoms with E-state index in [4.69, 9.17) is 13.3 Å². The minimum Gasteiger partial charge on any atom is -0.455 e. The summed E-state index contributed by atoms with van der Waals surface area (Å²) in [5.41, 5.74) is 20.1. The molecule has 77 heavy (non-hydrogen) atoms. The molecule has 0 unspecified atom stereocenters. The Bertz CT molecular complexity index is 4520. The number of furan rings is 3. The van der Waals surface area contributed by atoms with Crippen molar-refractivity contribution < 1.29 is 13.3 Å². The Morgan fingerprint density at radius 1 is 0.234 bits per heavy atom. The third-order valence-corrected chi connectivity index (χ3v) is 15.5. The minimum atomic E-state index is 0.819. The lowest BCUT2D eigenvalue weighted by Crippen LogP contribution is -2.12. The highest BCUT2D eigenvalue weighted by Gasteiger charge is 2.28. The number of benzene rings is 12. The van der Waals surface area contributed by atoms with Crippen LogP contribution in [0.1, 0.15) is 22.3 Å². The maximum atomic E-state index is 7.30. The monoisotopic (exact) mass is 990 g/mol. The summed E-state index contributed by atoms with van der Waals surface area (Å²) in [6, 6.07) is 82.8. The van der Waals surface area contributed by atoms with Crippen molar-refractivity contribution in [2.45, 2.75) is 27.7 Å². The van der Waals surface area contributed by atoms with Gasteiger partial charge < -0.3 is 23.1 Å². The molecular weight excluding hydrogens is 941 g/mol. The predicted molar refractivity (Wildman–Crippen MR) is 322 cm³/mol. The molecule has 0 radical (unpaired) electrons. The lowest BCUT2D eigenvalue weighted by atomic mass is 9.98. The van der Waals surface area contributed by atoms with E-state index < -0.39 is 0 Å². The van der Waals surface area contributed by atoms with Gasteiger partial charge in [-0.3, -0.25) is 0 Å². The van der Waals surface area contributed by atoms with Gasteiger partial charge in [-0.15, -0.1) is 0 Å². The van der Waals surface area contributed by atoms with Gasteiger partial charge in [0.1, 0.15) is 22.3 Å². The maximum absolute atomic E-state index is 7.30. The smallest absolute Gasteiger partial charge is 0.159 e. The number of hydrogen-bond donors (Lipinski definition) is 0. The molecule has 0 atom stereocenters. The number of anilines is 6. The molecule has 0 spiro atoms. The first-order valence-electron chi connectivity index (χ1n) is 26.4. The molecule has 3 aromatic heterocycles. The van der Waals surface area contributed by atoms with E-state index in [1.54, 1.807) is 0 Å². The molecule has 15 aromatic rings. The first-order chi connectivity index (χ1) is 37.8. The third-order valence-electron chi connectivity index (χ3n) is 15.5. The summed E-state index contributed by atoms with van der Waals surface area (Å²) in [6.07, 6.45) is 0. The Morgan fingerprint density at radius 2 is 0.545 bits per heavy atom. The molecule has 0 N–H and O–H groups in total. The molecule has 5 heteroatoms. The highest BCUT2D eigenvalue weighted by Crippen LogP contribution is 2.52. The summed E-state index contributed by atoms with van der Waals surface area (Å²) < 4.78 is 21.7. The van der Waals surface area contributed by atoms with Crippen LogP contribution in [0.15, 0.2) is 244 Å². The van der Waals surface area contributed by atoms with Gasteiger partial charge in [0.15, 0.2) is 11.2 Å². The Labute approximate surface area is 445 Å². The maximum Gasteiger partial charge on any atom is 0.159 e. The van der Waals surface area contributed by atoms with E-state index in [1.165, 1.54) is 22.3 Å². The highest BCUT2D eigenvalue weighted by molar-refractivity contribution is 6.26. The van der Waals surface area contributed by atoms with Crippen LogP contribution in [-0.2, 0) is 0 Å². The van der Waals surface area contributed by atoms with E-state index in [1.807, 2.05) is 0 Å². The average Bonchev–Trinajstić information content (AvgIpc) is 4.32. The van der Waals surface area contributed by atoms with E-state index in [2.05, 4.69) is 268 Å². The van der Waals surface area contributed by atoms with Crippen LogP contribution in [0.4, 0.5) is 34.1 Å². The standard InChI is InChI=1S/C72H50N2O3/c1-43-35-44(2)38-49(37-43)73(63-33-17-31-59-57-29-15-27-51(67(57)76-71(59)63)47-19-7-5-8-20-47)65-41-61-62-42-66(54-24-12-14-26-56(54)70(62)75-69(61)55-25-13-11-23-53(55)65)74(50-39-45(3)36-46(4)40-50)64-34-18-32-60-58-30-16-28-52(68(58)77-72(60)64)48-21-9-6-10-22-48/h5-42H,1-4H3. The molecule has 0 saturated carbocycles. The molecule has 0 aliphatic heterocycles. The van der Waals surface area contributed by atoms with Crippen LogP contribution in [0.5, 0.6) is 0 Å². The lowest BCUT2D eigenvalue weighted by Gasteiger charge is -2.28. The molecule has 0 fully saturated rings. The van der Waals surface area contributed by atoms with Crippen molar-refractivity contribution in [2.75, 3.05) is 9.80 Å². The van der Waals surface area contributed by atoms with E-state index in [0.717, 1.165) is 144 Å². The lowest BCUT2D eigenvalue weighted by molar-refractivity contribution is 0.670. The van der Waals surface area contributed by atoms with E-state index in [-0.39, 0.29) is 0 Å². The van der Waals surface area contributed by atoms with Crippen molar-refractivity contribution in [2.24, 2.45) is 0 Å². The van der Waals surface area contributed by atoms with Gasteiger partial charge in [-0.2, -0.15) is 0 Å². The second-order valence-corrected chi connectivity index (χ2v) is 20.7. The Morgan fingerprint density at radius 3 is 0.948 bits per heavy atom. The summed E-state index contributed by atoms with van der Waals surface area (Å²) in [5.74, 6) is 0. The zero-order chi connectivity index (χ0) is 51.5. The van der Waals surface area contributed by atoms with E-state index in [0.29, 0.717) is 0 Å². The largest absolute Gasteiger partial charge is 0.455 e. The van der Waals surface area contributed by atoms with Gasteiger partial charge in [0, 0.05) is 76.4 Å². The SMILES string of the molecule is Cc1cc(C)cc(N(c2cc3c4cc(N(c5cc(C)cc(C)c5)c5cccc6c5oc5c(-c7ccccc7)cccc56)c5ccccc5c4oc3c3ccccc23)c2cccc3c2oc2c(-c4ccccc4)cccc23)c1. The van der Waals surface area contributed by atoms with Crippen LogP contribution in [0.2, 0.25) is 0 Å². The van der Waals surface area contributed by atoms with E-state index in [9.17, 15) is 0 Å². The second-order valence-electron chi connectivity index (χ2n) is 20.7. The van der Waals surface area contributed by atoms with Gasteiger partial charge in [0.2, 0.25) is 0 Å². The van der Waals surface area contributed by atoms with Crippen molar-refractivity contribution >= 4 is 121 Å². The topological polar surface area (TPSA) is 45.9 Å². The summed E-state index contributed by atoms with van der Waals surface area (Å²) in [4.78, 5) is 4.81. The van der Waals surface area contributed by atoms with Crippen LogP contribution in [0, 0.1) is 27.7 Å².